The number of hydrogen-bond acceptors (Lipinski definition) is 3. The number of ether oxygens (including phenoxy) is 1. The highest BCUT2D eigenvalue weighted by Crippen LogP contribution is 2.66. The number of fused-ring (bicyclic) bond motifs is 3. The van der Waals surface area contributed by atoms with Crippen molar-refractivity contribution in [2.45, 2.75) is 31.2 Å². The van der Waals surface area contributed by atoms with Gasteiger partial charge < -0.3 is 9.64 Å². The van der Waals surface area contributed by atoms with E-state index in [1.165, 1.54) is 39.7 Å². The van der Waals surface area contributed by atoms with Crippen LogP contribution in [-0.4, -0.2) is 30.0 Å². The van der Waals surface area contributed by atoms with Gasteiger partial charge in [-0.05, 0) is 60.2 Å². The maximum atomic E-state index is 5.56. The van der Waals surface area contributed by atoms with Crippen molar-refractivity contribution in [2.24, 2.45) is 0 Å². The first-order valence-electron chi connectivity index (χ1n) is 11.1. The molecule has 2 heterocycles. The fraction of sp³-hybridized carbons (Fsp3) is 0.296. The van der Waals surface area contributed by atoms with Gasteiger partial charge in [0.25, 0.3) is 0 Å². The number of aromatic nitrogens is 2. The van der Waals surface area contributed by atoms with Crippen molar-refractivity contribution in [3.63, 3.8) is 0 Å². The van der Waals surface area contributed by atoms with Gasteiger partial charge in [0.2, 0.25) is 0 Å². The molecule has 3 aromatic carbocycles. The summed E-state index contributed by atoms with van der Waals surface area (Å²) in [5, 5.41) is 5.88. The number of hydrogen-bond donors (Lipinski definition) is 0. The first-order chi connectivity index (χ1) is 15.2. The van der Waals surface area contributed by atoms with Crippen LogP contribution in [0, 0.1) is 0 Å². The summed E-state index contributed by atoms with van der Waals surface area (Å²) < 4.78 is 7.69. The van der Waals surface area contributed by atoms with E-state index in [4.69, 9.17) is 4.74 Å². The fourth-order valence-electron chi connectivity index (χ4n) is 5.51. The van der Waals surface area contributed by atoms with Gasteiger partial charge in [0.15, 0.2) is 0 Å². The van der Waals surface area contributed by atoms with Gasteiger partial charge in [-0.25, -0.2) is 0 Å². The first-order valence-corrected chi connectivity index (χ1v) is 11.1. The lowest BCUT2D eigenvalue weighted by molar-refractivity contribution is 0.414. The van der Waals surface area contributed by atoms with Crippen LogP contribution < -0.4 is 9.64 Å². The van der Waals surface area contributed by atoms with E-state index in [1.54, 1.807) is 7.11 Å². The van der Waals surface area contributed by atoms with Crippen LogP contribution in [0.4, 0.5) is 5.69 Å². The van der Waals surface area contributed by atoms with Crippen LogP contribution in [0.2, 0.25) is 0 Å². The van der Waals surface area contributed by atoms with Crippen LogP contribution in [0.5, 0.6) is 5.75 Å². The Bertz CT molecular complexity index is 1260. The molecule has 0 bridgehead atoms. The quantitative estimate of drug-likeness (QED) is 0.445. The van der Waals surface area contributed by atoms with Gasteiger partial charge in [-0.3, -0.25) is 4.68 Å². The normalized spacial score (nSPS) is 21.6. The number of rotatable bonds is 5. The van der Waals surface area contributed by atoms with E-state index in [9.17, 15) is 0 Å². The Morgan fingerprint density at radius 3 is 2.74 bits per heavy atom. The summed E-state index contributed by atoms with van der Waals surface area (Å²) in [6.45, 7) is 5.18. The molecule has 1 fully saturated rings. The molecule has 2 atom stereocenters. The van der Waals surface area contributed by atoms with Crippen LogP contribution in [0.3, 0.4) is 0 Å². The molecule has 156 valence electrons. The van der Waals surface area contributed by atoms with Gasteiger partial charge in [-0.1, -0.05) is 42.5 Å². The highest BCUT2D eigenvalue weighted by molar-refractivity contribution is 5.80. The van der Waals surface area contributed by atoms with E-state index in [1.807, 2.05) is 6.20 Å². The molecule has 0 amide bonds. The van der Waals surface area contributed by atoms with E-state index < -0.39 is 0 Å². The first kappa shape index (κ1) is 18.5. The average molecular weight is 410 g/mol. The third kappa shape index (κ3) is 2.85. The minimum atomic E-state index is 0.206. The molecule has 1 spiro atoms. The lowest BCUT2D eigenvalue weighted by Crippen LogP contribution is -2.24. The Hall–Kier alpha value is -3.27. The topological polar surface area (TPSA) is 30.3 Å². The van der Waals surface area contributed by atoms with Crippen LogP contribution >= 0.6 is 0 Å². The molecule has 4 aromatic rings. The molecule has 0 saturated heterocycles. The van der Waals surface area contributed by atoms with Crippen molar-refractivity contribution in [1.29, 1.82) is 0 Å². The molecular formula is C27H27N3O. The number of benzene rings is 3. The van der Waals surface area contributed by atoms with E-state index in [2.05, 4.69) is 88.3 Å². The zero-order chi connectivity index (χ0) is 21.0. The molecule has 1 aromatic heterocycles. The van der Waals surface area contributed by atoms with Gasteiger partial charge in [0.05, 0.1) is 25.4 Å². The summed E-state index contributed by atoms with van der Waals surface area (Å²) >= 11 is 0. The van der Waals surface area contributed by atoms with Crippen molar-refractivity contribution in [2.75, 3.05) is 25.1 Å². The Morgan fingerprint density at radius 2 is 1.94 bits per heavy atom. The largest absolute Gasteiger partial charge is 0.497 e. The maximum absolute atomic E-state index is 5.56. The standard InChI is InChI=1S/C27H27N3O/c1-3-29-18-27(23-14-22(31-2)11-12-25(23)29)15-24(27)20-9-10-21-16-28-30(26(21)13-20)17-19-7-5-4-6-8-19/h4-14,16,24H,3,15,17-18H2,1-2H3/t24-,27-/m0/s1. The summed E-state index contributed by atoms with van der Waals surface area (Å²) in [5.74, 6) is 1.50. The average Bonchev–Trinajstić information content (AvgIpc) is 3.28. The van der Waals surface area contributed by atoms with Crippen molar-refractivity contribution in [3.8, 4) is 5.75 Å². The van der Waals surface area contributed by atoms with Crippen LogP contribution in [-0.2, 0) is 12.0 Å². The van der Waals surface area contributed by atoms with Crippen molar-refractivity contribution in [3.05, 3.63) is 89.6 Å². The smallest absolute Gasteiger partial charge is 0.119 e. The zero-order valence-electron chi connectivity index (χ0n) is 18.1. The van der Waals surface area contributed by atoms with E-state index >= 15 is 0 Å². The van der Waals surface area contributed by atoms with Crippen LogP contribution in [0.1, 0.15) is 36.0 Å². The Morgan fingerprint density at radius 1 is 1.06 bits per heavy atom. The molecular weight excluding hydrogens is 382 g/mol. The molecule has 31 heavy (non-hydrogen) atoms. The number of methoxy groups -OCH3 is 1. The van der Waals surface area contributed by atoms with Gasteiger partial charge in [0, 0.05) is 29.6 Å². The molecule has 2 aliphatic rings. The molecule has 4 heteroatoms. The lowest BCUT2D eigenvalue weighted by atomic mass is 9.92. The van der Waals surface area contributed by atoms with Gasteiger partial charge in [0.1, 0.15) is 5.75 Å². The number of likely N-dealkylation sites (N-methyl/N-ethyl adjacent to an activating group) is 1. The molecule has 1 saturated carbocycles. The van der Waals surface area contributed by atoms with Gasteiger partial charge in [-0.2, -0.15) is 5.10 Å². The van der Waals surface area contributed by atoms with Crippen molar-refractivity contribution in [1.82, 2.24) is 9.78 Å². The third-order valence-electron chi connectivity index (χ3n) is 7.26. The number of anilines is 1. The minimum Gasteiger partial charge on any atom is -0.497 e. The van der Waals surface area contributed by atoms with Crippen LogP contribution in [0.25, 0.3) is 10.9 Å². The van der Waals surface area contributed by atoms with Crippen molar-refractivity contribution >= 4 is 16.6 Å². The fourth-order valence-corrected chi connectivity index (χ4v) is 5.51. The predicted molar refractivity (Wildman–Crippen MR) is 125 cm³/mol. The predicted octanol–water partition coefficient (Wildman–Crippen LogP) is 5.36. The zero-order valence-corrected chi connectivity index (χ0v) is 18.1. The maximum Gasteiger partial charge on any atom is 0.119 e. The van der Waals surface area contributed by atoms with Crippen molar-refractivity contribution < 1.29 is 4.74 Å². The molecule has 6 rings (SSSR count). The molecule has 0 unspecified atom stereocenters. The molecule has 1 aliphatic heterocycles. The summed E-state index contributed by atoms with van der Waals surface area (Å²) in [7, 11) is 1.76. The van der Waals surface area contributed by atoms with E-state index in [0.717, 1.165) is 25.4 Å². The van der Waals surface area contributed by atoms with Gasteiger partial charge in [-0.15, -0.1) is 0 Å². The monoisotopic (exact) mass is 409 g/mol. The van der Waals surface area contributed by atoms with E-state index in [-0.39, 0.29) is 5.41 Å². The Labute approximate surface area is 183 Å². The second-order valence-electron chi connectivity index (χ2n) is 8.92. The molecule has 0 radical (unpaired) electrons. The summed E-state index contributed by atoms with van der Waals surface area (Å²) in [4.78, 5) is 2.52. The summed E-state index contributed by atoms with van der Waals surface area (Å²) in [6.07, 6.45) is 3.18. The second kappa shape index (κ2) is 6.88. The summed E-state index contributed by atoms with van der Waals surface area (Å²) in [5.41, 5.74) is 6.96. The molecule has 4 nitrogen and oxygen atoms in total. The van der Waals surface area contributed by atoms with E-state index in [0.29, 0.717) is 5.92 Å². The summed E-state index contributed by atoms with van der Waals surface area (Å²) in [6, 6.07) is 24.1. The SMILES string of the molecule is CCN1C[C@@]2(C[C@H]2c2ccc3cnn(Cc4ccccc4)c3c2)c2cc(OC)ccc21. The molecule has 1 aliphatic carbocycles. The lowest BCUT2D eigenvalue weighted by Gasteiger charge is -2.17. The molecule has 0 N–H and O–H groups in total. The minimum absolute atomic E-state index is 0.206. The third-order valence-corrected chi connectivity index (χ3v) is 7.26. The second-order valence-corrected chi connectivity index (χ2v) is 8.92. The Kier molecular flexibility index (Phi) is 4.10. The number of nitrogens with zero attached hydrogens (tertiary/aromatic N) is 3. The Balaban J connectivity index is 1.36. The van der Waals surface area contributed by atoms with Gasteiger partial charge >= 0.3 is 0 Å². The highest BCUT2D eigenvalue weighted by atomic mass is 16.5. The van der Waals surface area contributed by atoms with Crippen LogP contribution in [0.15, 0.2) is 72.9 Å². The highest BCUT2D eigenvalue weighted by Gasteiger charge is 2.60.